The van der Waals surface area contributed by atoms with E-state index in [1.165, 1.54) is 0 Å². The van der Waals surface area contributed by atoms with Crippen LogP contribution in [0.15, 0.2) is 30.6 Å². The number of aryl methyl sites for hydroxylation is 2. The van der Waals surface area contributed by atoms with E-state index in [1.54, 1.807) is 4.68 Å². The van der Waals surface area contributed by atoms with Crippen LogP contribution in [0.3, 0.4) is 0 Å². The summed E-state index contributed by atoms with van der Waals surface area (Å²) in [6.45, 7) is 2.06. The van der Waals surface area contributed by atoms with Gasteiger partial charge in [0, 0.05) is 13.2 Å². The van der Waals surface area contributed by atoms with Crippen LogP contribution in [0, 0.1) is 6.92 Å². The Kier molecular flexibility index (Phi) is 2.59. The van der Waals surface area contributed by atoms with Gasteiger partial charge in [-0.05, 0) is 18.6 Å². The third-order valence-corrected chi connectivity index (χ3v) is 3.26. The summed E-state index contributed by atoms with van der Waals surface area (Å²) in [6, 6.07) is 6.14. The van der Waals surface area contributed by atoms with Gasteiger partial charge in [-0.15, -0.1) is 11.6 Å². The number of aromatic nitrogens is 4. The Balaban J connectivity index is 2.36. The predicted octanol–water partition coefficient (Wildman–Crippen LogP) is 2.81. The molecule has 0 atom stereocenters. The summed E-state index contributed by atoms with van der Waals surface area (Å²) >= 11 is 6.00. The minimum absolute atomic E-state index is 0.378. The summed E-state index contributed by atoms with van der Waals surface area (Å²) in [5.74, 6) is 1.22. The van der Waals surface area contributed by atoms with Crippen molar-refractivity contribution in [1.29, 1.82) is 0 Å². The summed E-state index contributed by atoms with van der Waals surface area (Å²) in [7, 11) is 1.90. The molecule has 0 unspecified atom stereocenters. The van der Waals surface area contributed by atoms with Gasteiger partial charge in [0.05, 0.1) is 28.8 Å². The van der Waals surface area contributed by atoms with Crippen molar-refractivity contribution in [3.63, 3.8) is 0 Å². The van der Waals surface area contributed by atoms with E-state index in [9.17, 15) is 0 Å². The molecule has 0 bridgehead atoms. The van der Waals surface area contributed by atoms with Crippen LogP contribution in [0.2, 0.25) is 0 Å². The molecule has 92 valence electrons. The molecule has 0 amide bonds. The fourth-order valence-corrected chi connectivity index (χ4v) is 2.37. The van der Waals surface area contributed by atoms with Crippen molar-refractivity contribution in [2.45, 2.75) is 12.8 Å². The maximum absolute atomic E-state index is 6.00. The lowest BCUT2D eigenvalue weighted by atomic mass is 10.2. The number of alkyl halides is 1. The first kappa shape index (κ1) is 11.3. The van der Waals surface area contributed by atoms with Gasteiger partial charge in [0.1, 0.15) is 5.82 Å². The van der Waals surface area contributed by atoms with Crippen molar-refractivity contribution in [1.82, 2.24) is 19.3 Å². The zero-order valence-corrected chi connectivity index (χ0v) is 11.0. The lowest BCUT2D eigenvalue weighted by molar-refractivity contribution is 0.767. The van der Waals surface area contributed by atoms with Gasteiger partial charge in [0.25, 0.3) is 0 Å². The van der Waals surface area contributed by atoms with Crippen LogP contribution in [-0.2, 0) is 12.9 Å². The normalized spacial score (nSPS) is 11.3. The zero-order valence-electron chi connectivity index (χ0n) is 10.3. The number of rotatable bonds is 2. The number of fused-ring (bicyclic) bond motifs is 1. The average Bonchev–Trinajstić information content (AvgIpc) is 2.93. The second-order valence-electron chi connectivity index (χ2n) is 4.31. The fourth-order valence-electron chi connectivity index (χ4n) is 2.19. The molecule has 0 radical (unpaired) electrons. The van der Waals surface area contributed by atoms with Crippen molar-refractivity contribution in [3.05, 3.63) is 42.0 Å². The van der Waals surface area contributed by atoms with Crippen molar-refractivity contribution in [2.24, 2.45) is 7.05 Å². The van der Waals surface area contributed by atoms with E-state index in [2.05, 4.69) is 33.7 Å². The molecule has 0 saturated carbocycles. The number of nitrogens with zero attached hydrogens (tertiary/aromatic N) is 4. The summed E-state index contributed by atoms with van der Waals surface area (Å²) in [5.41, 5.74) is 4.21. The maximum Gasteiger partial charge on any atom is 0.129 e. The Morgan fingerprint density at radius 3 is 2.83 bits per heavy atom. The fraction of sp³-hybridized carbons (Fsp3) is 0.231. The van der Waals surface area contributed by atoms with Crippen molar-refractivity contribution >= 4 is 22.6 Å². The van der Waals surface area contributed by atoms with E-state index < -0.39 is 0 Å². The van der Waals surface area contributed by atoms with Gasteiger partial charge in [-0.2, -0.15) is 5.10 Å². The number of benzene rings is 1. The Bertz CT molecular complexity index is 711. The van der Waals surface area contributed by atoms with Gasteiger partial charge >= 0.3 is 0 Å². The molecule has 2 aromatic heterocycles. The Morgan fingerprint density at radius 2 is 2.17 bits per heavy atom. The molecule has 18 heavy (non-hydrogen) atoms. The maximum atomic E-state index is 6.00. The molecule has 0 N–H and O–H groups in total. The van der Waals surface area contributed by atoms with E-state index in [1.807, 2.05) is 25.5 Å². The lowest BCUT2D eigenvalue weighted by Crippen LogP contribution is -1.97. The summed E-state index contributed by atoms with van der Waals surface area (Å²) in [4.78, 5) is 4.61. The highest BCUT2D eigenvalue weighted by Gasteiger charge is 2.13. The number of para-hydroxylation sites is 1. The van der Waals surface area contributed by atoms with Crippen LogP contribution >= 0.6 is 11.6 Å². The van der Waals surface area contributed by atoms with Crippen LogP contribution in [0.1, 0.15) is 11.4 Å². The van der Waals surface area contributed by atoms with E-state index in [4.69, 9.17) is 11.6 Å². The molecule has 0 aliphatic rings. The molecule has 5 heteroatoms. The number of hydrogen-bond donors (Lipinski definition) is 0. The molecule has 3 aromatic rings. The molecule has 0 spiro atoms. The topological polar surface area (TPSA) is 35.6 Å². The second-order valence-corrected chi connectivity index (χ2v) is 4.58. The average molecular weight is 261 g/mol. The second kappa shape index (κ2) is 4.14. The molecule has 4 nitrogen and oxygen atoms in total. The minimum atomic E-state index is 0.378. The van der Waals surface area contributed by atoms with Gasteiger partial charge in [-0.25, -0.2) is 4.98 Å². The first-order valence-corrected chi connectivity index (χ1v) is 6.26. The Labute approximate surface area is 110 Å². The number of halogens is 1. The highest BCUT2D eigenvalue weighted by Crippen LogP contribution is 2.24. The molecule has 1 aromatic carbocycles. The quantitative estimate of drug-likeness (QED) is 0.664. The number of imidazole rings is 1. The third kappa shape index (κ3) is 1.61. The van der Waals surface area contributed by atoms with Gasteiger partial charge < -0.3 is 0 Å². The van der Waals surface area contributed by atoms with Crippen LogP contribution in [0.25, 0.3) is 16.7 Å². The molecule has 3 rings (SSSR count). The Hall–Kier alpha value is -1.81. The molecule has 0 fully saturated rings. The third-order valence-electron chi connectivity index (χ3n) is 3.03. The van der Waals surface area contributed by atoms with E-state index >= 15 is 0 Å². The van der Waals surface area contributed by atoms with Gasteiger partial charge in [0.15, 0.2) is 0 Å². The van der Waals surface area contributed by atoms with Gasteiger partial charge in [0.2, 0.25) is 0 Å². The molecule has 2 heterocycles. The predicted molar refractivity (Wildman–Crippen MR) is 72.1 cm³/mol. The molecule has 0 aliphatic heterocycles. The highest BCUT2D eigenvalue weighted by atomic mass is 35.5. The molecular weight excluding hydrogens is 248 g/mol. The Morgan fingerprint density at radius 1 is 1.33 bits per heavy atom. The summed E-state index contributed by atoms with van der Waals surface area (Å²) in [6.07, 6.45) is 3.78. The first-order chi connectivity index (χ1) is 8.70. The van der Waals surface area contributed by atoms with Gasteiger partial charge in [-0.1, -0.05) is 12.1 Å². The summed E-state index contributed by atoms with van der Waals surface area (Å²) in [5, 5.41) is 4.20. The van der Waals surface area contributed by atoms with Crippen molar-refractivity contribution in [2.75, 3.05) is 0 Å². The van der Waals surface area contributed by atoms with Gasteiger partial charge in [-0.3, -0.25) is 9.25 Å². The highest BCUT2D eigenvalue weighted by molar-refractivity contribution is 6.17. The van der Waals surface area contributed by atoms with Crippen LogP contribution in [-0.4, -0.2) is 19.3 Å². The zero-order chi connectivity index (χ0) is 12.7. The van der Waals surface area contributed by atoms with E-state index in [-0.39, 0.29) is 0 Å². The van der Waals surface area contributed by atoms with Crippen LogP contribution in [0.5, 0.6) is 0 Å². The first-order valence-electron chi connectivity index (χ1n) is 5.72. The lowest BCUT2D eigenvalue weighted by Gasteiger charge is -2.03. The van der Waals surface area contributed by atoms with E-state index in [0.717, 1.165) is 28.1 Å². The number of hydrogen-bond acceptors (Lipinski definition) is 2. The summed E-state index contributed by atoms with van der Waals surface area (Å²) < 4.78 is 3.83. The molecular formula is C13H13ClN4. The van der Waals surface area contributed by atoms with Crippen LogP contribution < -0.4 is 0 Å². The largest absolute Gasteiger partial charge is 0.292 e. The monoisotopic (exact) mass is 260 g/mol. The van der Waals surface area contributed by atoms with Crippen LogP contribution in [0.4, 0.5) is 0 Å². The smallest absolute Gasteiger partial charge is 0.129 e. The minimum Gasteiger partial charge on any atom is -0.292 e. The SMILES string of the molecule is Cc1cccc2c1nc(CCl)n2-c1cnn(C)c1. The standard InChI is InChI=1S/C13H13ClN4/c1-9-4-3-5-11-13(9)16-12(6-14)18(11)10-7-15-17(2)8-10/h3-5,7-8H,6H2,1-2H3. The molecule has 0 saturated heterocycles. The van der Waals surface area contributed by atoms with Crippen molar-refractivity contribution < 1.29 is 0 Å². The van der Waals surface area contributed by atoms with Crippen molar-refractivity contribution in [3.8, 4) is 5.69 Å². The van der Waals surface area contributed by atoms with E-state index in [0.29, 0.717) is 5.88 Å². The molecule has 0 aliphatic carbocycles.